The summed E-state index contributed by atoms with van der Waals surface area (Å²) in [7, 11) is 2.79. The van der Waals surface area contributed by atoms with Gasteiger partial charge in [0, 0.05) is 31.8 Å². The lowest BCUT2D eigenvalue weighted by Crippen LogP contribution is -2.39. The lowest BCUT2D eigenvalue weighted by Gasteiger charge is -2.23. The van der Waals surface area contributed by atoms with Crippen molar-refractivity contribution in [3.8, 4) is 11.5 Å². The van der Waals surface area contributed by atoms with Gasteiger partial charge in [0.2, 0.25) is 5.91 Å². The van der Waals surface area contributed by atoms with E-state index in [1.54, 1.807) is 4.90 Å². The summed E-state index contributed by atoms with van der Waals surface area (Å²) in [5, 5.41) is 2.42. The van der Waals surface area contributed by atoms with E-state index in [0.717, 1.165) is 17.7 Å². The number of halogens is 2. The van der Waals surface area contributed by atoms with Gasteiger partial charge < -0.3 is 29.6 Å². The highest BCUT2D eigenvalue weighted by Gasteiger charge is 2.26. The highest BCUT2D eigenvalue weighted by Crippen LogP contribution is 2.28. The Balaban J connectivity index is 1.85. The van der Waals surface area contributed by atoms with Gasteiger partial charge in [-0.2, -0.15) is 8.78 Å². The van der Waals surface area contributed by atoms with Gasteiger partial charge in [-0.05, 0) is 25.0 Å². The first-order chi connectivity index (χ1) is 15.8. The molecule has 1 aliphatic heterocycles. The van der Waals surface area contributed by atoms with E-state index >= 15 is 0 Å². The number of hydrogen-bond donors (Lipinski definition) is 2. The van der Waals surface area contributed by atoms with Crippen LogP contribution < -0.4 is 14.8 Å². The highest BCUT2D eigenvalue weighted by molar-refractivity contribution is 5.97. The molecule has 3 amide bonds. The summed E-state index contributed by atoms with van der Waals surface area (Å²) in [6.07, 6.45) is 3.03. The van der Waals surface area contributed by atoms with Crippen molar-refractivity contribution < 1.29 is 32.6 Å². The summed E-state index contributed by atoms with van der Waals surface area (Å²) < 4.78 is 35.4. The second-order valence-electron chi connectivity index (χ2n) is 7.33. The second kappa shape index (κ2) is 10.7. The van der Waals surface area contributed by atoms with Gasteiger partial charge >= 0.3 is 6.61 Å². The van der Waals surface area contributed by atoms with Crippen molar-refractivity contribution >= 4 is 17.7 Å². The molecular formula is C21H25F2N5O5. The van der Waals surface area contributed by atoms with Crippen molar-refractivity contribution in [2.45, 2.75) is 26.0 Å². The third-order valence-corrected chi connectivity index (χ3v) is 5.15. The Hall–Kier alpha value is -3.70. The van der Waals surface area contributed by atoms with Gasteiger partial charge in [-0.15, -0.1) is 0 Å². The molecule has 178 valence electrons. The molecule has 3 rings (SSSR count). The first-order valence-corrected chi connectivity index (χ1v) is 10.3. The Labute approximate surface area is 188 Å². The molecule has 1 aromatic heterocycles. The lowest BCUT2D eigenvalue weighted by atomic mass is 10.1. The fourth-order valence-corrected chi connectivity index (χ4v) is 3.43. The molecule has 1 fully saturated rings. The molecule has 0 atom stereocenters. The van der Waals surface area contributed by atoms with Crippen LogP contribution in [-0.2, 0) is 11.3 Å². The maximum atomic E-state index is 13.2. The zero-order valence-corrected chi connectivity index (χ0v) is 18.3. The van der Waals surface area contributed by atoms with Crippen molar-refractivity contribution in [2.24, 2.45) is 0 Å². The van der Waals surface area contributed by atoms with Gasteiger partial charge in [-0.25, -0.2) is 4.98 Å². The van der Waals surface area contributed by atoms with Gasteiger partial charge in [0.25, 0.3) is 11.8 Å². The van der Waals surface area contributed by atoms with E-state index in [2.05, 4.69) is 20.0 Å². The van der Waals surface area contributed by atoms with Crippen LogP contribution in [0, 0.1) is 0 Å². The molecule has 0 radical (unpaired) electrons. The van der Waals surface area contributed by atoms with Gasteiger partial charge in [0.15, 0.2) is 5.82 Å². The molecule has 12 heteroatoms. The molecule has 0 spiro atoms. The highest BCUT2D eigenvalue weighted by atomic mass is 19.3. The Kier molecular flexibility index (Phi) is 7.80. The number of imidazole rings is 1. The maximum absolute atomic E-state index is 13.2. The molecule has 2 N–H and O–H groups in total. The van der Waals surface area contributed by atoms with Crippen LogP contribution in [0.3, 0.4) is 0 Å². The average molecular weight is 465 g/mol. The topological polar surface area (TPSA) is 117 Å². The van der Waals surface area contributed by atoms with Crippen molar-refractivity contribution in [1.29, 1.82) is 0 Å². The fourth-order valence-electron chi connectivity index (χ4n) is 3.43. The van der Waals surface area contributed by atoms with Crippen molar-refractivity contribution in [3.05, 3.63) is 41.5 Å². The van der Waals surface area contributed by atoms with Gasteiger partial charge in [0.05, 0.1) is 19.9 Å². The number of carbonyl (C=O) groups is 3. The lowest BCUT2D eigenvalue weighted by molar-refractivity contribution is -0.121. The van der Waals surface area contributed by atoms with E-state index in [1.807, 2.05) is 0 Å². The zero-order chi connectivity index (χ0) is 24.0. The van der Waals surface area contributed by atoms with E-state index in [1.165, 1.54) is 38.6 Å². The SMILES string of the molecule is CNC(=O)CN(Cc1ccc(OC)cc1OC(F)F)C(=O)c1cnc(C(=O)N2CCCC2)[nH]1. The molecule has 2 heterocycles. The first-order valence-electron chi connectivity index (χ1n) is 10.3. The standard InChI is InChI=1S/C21H25F2N5O5/c1-24-17(29)12-28(11-13-5-6-14(32-2)9-16(13)33-21(22)23)19(30)15-10-25-18(26-15)20(31)27-7-3-4-8-27/h5-6,9-10,21H,3-4,7-8,11-12H2,1-2H3,(H,24,29)(H,25,26). The molecule has 0 aliphatic carbocycles. The van der Waals surface area contributed by atoms with Crippen molar-refractivity contribution in [2.75, 3.05) is 33.8 Å². The van der Waals surface area contributed by atoms with Gasteiger partial charge in [-0.1, -0.05) is 0 Å². The predicted molar refractivity (Wildman–Crippen MR) is 112 cm³/mol. The number of ether oxygens (including phenoxy) is 2. The molecule has 0 bridgehead atoms. The molecule has 33 heavy (non-hydrogen) atoms. The van der Waals surface area contributed by atoms with E-state index in [4.69, 9.17) is 4.74 Å². The number of nitrogens with one attached hydrogen (secondary N) is 2. The number of aromatic nitrogens is 2. The van der Waals surface area contributed by atoms with Crippen LogP contribution in [0.5, 0.6) is 11.5 Å². The van der Waals surface area contributed by atoms with E-state index in [9.17, 15) is 23.2 Å². The number of rotatable bonds is 9. The van der Waals surface area contributed by atoms with Gasteiger partial charge in [0.1, 0.15) is 23.7 Å². The first kappa shape index (κ1) is 24.0. The smallest absolute Gasteiger partial charge is 0.387 e. The Morgan fingerprint density at radius 2 is 2.00 bits per heavy atom. The van der Waals surface area contributed by atoms with Crippen LogP contribution in [0.25, 0.3) is 0 Å². The van der Waals surface area contributed by atoms with E-state index in [-0.39, 0.29) is 47.6 Å². The number of alkyl halides is 2. The second-order valence-corrected chi connectivity index (χ2v) is 7.33. The number of carbonyl (C=O) groups excluding carboxylic acids is 3. The van der Waals surface area contributed by atoms with Crippen LogP contribution in [0.1, 0.15) is 39.5 Å². The number of benzene rings is 1. The quantitative estimate of drug-likeness (QED) is 0.582. The van der Waals surface area contributed by atoms with Gasteiger partial charge in [-0.3, -0.25) is 14.4 Å². The number of hydrogen-bond acceptors (Lipinski definition) is 6. The van der Waals surface area contributed by atoms with Crippen LogP contribution in [0.4, 0.5) is 8.78 Å². The summed E-state index contributed by atoms with van der Waals surface area (Å²) in [5.41, 5.74) is 0.229. The minimum atomic E-state index is -3.09. The summed E-state index contributed by atoms with van der Waals surface area (Å²) in [4.78, 5) is 47.2. The molecule has 0 saturated carbocycles. The molecule has 1 aromatic carbocycles. The van der Waals surface area contributed by atoms with E-state index < -0.39 is 18.4 Å². The van der Waals surface area contributed by atoms with Crippen LogP contribution >= 0.6 is 0 Å². The third kappa shape index (κ3) is 5.96. The summed E-state index contributed by atoms with van der Waals surface area (Å²) in [6.45, 7) is -2.42. The minimum Gasteiger partial charge on any atom is -0.497 e. The largest absolute Gasteiger partial charge is 0.497 e. The van der Waals surface area contributed by atoms with Crippen molar-refractivity contribution in [3.63, 3.8) is 0 Å². The Morgan fingerprint density at radius 3 is 2.64 bits per heavy atom. The normalized spacial score (nSPS) is 13.2. The summed E-state index contributed by atoms with van der Waals surface area (Å²) in [5.74, 6) is -1.30. The monoisotopic (exact) mass is 465 g/mol. The number of nitrogens with zero attached hydrogens (tertiary/aromatic N) is 3. The molecule has 1 aliphatic rings. The number of H-pyrrole nitrogens is 1. The van der Waals surface area contributed by atoms with Crippen LogP contribution in [0.15, 0.2) is 24.4 Å². The summed E-state index contributed by atoms with van der Waals surface area (Å²) in [6, 6.07) is 4.27. The molecular weight excluding hydrogens is 440 g/mol. The number of aromatic amines is 1. The summed E-state index contributed by atoms with van der Waals surface area (Å²) >= 11 is 0. The van der Waals surface area contributed by atoms with E-state index in [0.29, 0.717) is 13.1 Å². The molecule has 2 aromatic rings. The minimum absolute atomic E-state index is 0.00807. The number of amides is 3. The van der Waals surface area contributed by atoms with Crippen molar-refractivity contribution in [1.82, 2.24) is 25.1 Å². The molecule has 10 nitrogen and oxygen atoms in total. The average Bonchev–Trinajstić information content (AvgIpc) is 3.50. The Morgan fingerprint density at radius 1 is 1.27 bits per heavy atom. The molecule has 0 unspecified atom stereocenters. The number of methoxy groups -OCH3 is 1. The van der Waals surface area contributed by atoms with Crippen LogP contribution in [-0.4, -0.2) is 77.9 Å². The number of likely N-dealkylation sites (N-methyl/N-ethyl adjacent to an activating group) is 1. The molecule has 1 saturated heterocycles. The predicted octanol–water partition coefficient (Wildman–Crippen LogP) is 1.64. The van der Waals surface area contributed by atoms with Crippen LogP contribution in [0.2, 0.25) is 0 Å². The fraction of sp³-hybridized carbons (Fsp3) is 0.429. The Bertz CT molecular complexity index is 1010. The number of likely N-dealkylation sites (tertiary alicyclic amines) is 1. The zero-order valence-electron chi connectivity index (χ0n) is 18.3. The maximum Gasteiger partial charge on any atom is 0.387 e. The third-order valence-electron chi connectivity index (χ3n) is 5.15.